The van der Waals surface area contributed by atoms with Crippen molar-refractivity contribution < 1.29 is 44.1 Å². The number of aromatic nitrogens is 4. The zero-order valence-corrected chi connectivity index (χ0v) is 40.5. The van der Waals surface area contributed by atoms with E-state index in [2.05, 4.69) is 62.0 Å². The van der Waals surface area contributed by atoms with Gasteiger partial charge in [-0.25, -0.2) is 4.98 Å². The van der Waals surface area contributed by atoms with Crippen LogP contribution in [0.15, 0.2) is 194 Å². The van der Waals surface area contributed by atoms with Crippen LogP contribution < -0.4 is 9.30 Å². The van der Waals surface area contributed by atoms with Gasteiger partial charge in [0.15, 0.2) is 0 Å². The van der Waals surface area contributed by atoms with Crippen LogP contribution in [0.3, 0.4) is 0 Å². The molecule has 0 unspecified atom stereocenters. The second kappa shape index (κ2) is 17.7. The zero-order chi connectivity index (χ0) is 54.6. The van der Waals surface area contributed by atoms with Crippen molar-refractivity contribution in [3.63, 3.8) is 0 Å². The Kier molecular flexibility index (Phi) is 8.87. The topological polar surface area (TPSA) is 35.9 Å². The summed E-state index contributed by atoms with van der Waals surface area (Å²) in [5.74, 6) is 1.53. The average Bonchev–Trinajstić information content (AvgIpc) is 4.16. The van der Waals surface area contributed by atoms with Crippen LogP contribution in [0, 0.1) is 18.5 Å². The molecule has 0 saturated carbocycles. The van der Waals surface area contributed by atoms with E-state index in [9.17, 15) is 5.48 Å². The van der Waals surface area contributed by atoms with Crippen LogP contribution >= 0.6 is 0 Å². The van der Waals surface area contributed by atoms with E-state index in [0.29, 0.717) is 33.8 Å². The van der Waals surface area contributed by atoms with Crippen molar-refractivity contribution >= 4 is 32.8 Å². The van der Waals surface area contributed by atoms with E-state index in [0.717, 1.165) is 44.3 Å². The predicted molar refractivity (Wildman–Crippen MR) is 274 cm³/mol. The first kappa shape index (κ1) is 34.0. The van der Waals surface area contributed by atoms with E-state index in [1.165, 1.54) is 0 Å². The molecule has 0 aliphatic heterocycles. The molecule has 0 atom stereocenters. The number of ether oxygens (including phenoxy) is 1. The van der Waals surface area contributed by atoms with Gasteiger partial charge < -0.3 is 13.9 Å². The fraction of sp³-hybridized carbons (Fsp3) is 0.129. The maximum absolute atomic E-state index is 9.33. The van der Waals surface area contributed by atoms with Crippen molar-refractivity contribution in [1.82, 2.24) is 14.1 Å². The number of rotatable bonds is 8. The summed E-state index contributed by atoms with van der Waals surface area (Å²) in [6, 6.07) is 42.5. The fourth-order valence-corrected chi connectivity index (χ4v) is 8.65. The molecule has 6 heteroatoms. The standard InChI is InChI=1S/C62H50N4O.Pt/c1-61(2,3)46-33-34-63-59(38-46)66-55-28-17-16-27-51(55)52-31-30-50(40-57(52)66)67-49-26-18-25-48(39-49)64-41-65(56-32-29-45(35-58(56)64)42-19-10-7-11-20-42)60-53(43-21-12-8-13-22-43)36-47(62(4,5)6)37-54(60)44-23-14-9-15-24-44;/h7-38H,1-6H3;/q-2;/i8D,9D,12D,13D,14D,15D,21D,22D,23D,24D;. The second-order valence-corrected chi connectivity index (χ2v) is 18.6. The van der Waals surface area contributed by atoms with Crippen LogP contribution in [0.5, 0.6) is 11.5 Å². The molecule has 8 aromatic carbocycles. The molecule has 3 aromatic heterocycles. The van der Waals surface area contributed by atoms with Crippen molar-refractivity contribution in [1.29, 1.82) is 0 Å². The second-order valence-electron chi connectivity index (χ2n) is 18.6. The van der Waals surface area contributed by atoms with E-state index >= 15 is 0 Å². The summed E-state index contributed by atoms with van der Waals surface area (Å²) < 4.78 is 102. The van der Waals surface area contributed by atoms with Gasteiger partial charge in [0.1, 0.15) is 5.82 Å². The average molecular weight is 1070 g/mol. The molecule has 0 saturated heterocycles. The summed E-state index contributed by atoms with van der Waals surface area (Å²) in [5, 5.41) is 2.01. The van der Waals surface area contributed by atoms with Crippen LogP contribution in [0.25, 0.3) is 83.4 Å². The van der Waals surface area contributed by atoms with Gasteiger partial charge in [-0.3, -0.25) is 4.57 Å². The Morgan fingerprint density at radius 2 is 1.22 bits per heavy atom. The van der Waals surface area contributed by atoms with Crippen molar-refractivity contribution in [2.75, 3.05) is 0 Å². The summed E-state index contributed by atoms with van der Waals surface area (Å²) in [6.07, 6.45) is 5.36. The predicted octanol–water partition coefficient (Wildman–Crippen LogP) is 15.2. The Bertz CT molecular complexity index is 4090. The number of benzene rings is 8. The van der Waals surface area contributed by atoms with Gasteiger partial charge in [-0.1, -0.05) is 180 Å². The third kappa shape index (κ3) is 8.26. The Hall–Kier alpha value is -7.33. The molecule has 0 fully saturated rings. The summed E-state index contributed by atoms with van der Waals surface area (Å²) in [4.78, 5) is 4.83. The number of pyridine rings is 1. The van der Waals surface area contributed by atoms with Crippen molar-refractivity contribution in [3.8, 4) is 62.1 Å². The Balaban J connectivity index is 0.00000688. The third-order valence-electron chi connectivity index (χ3n) is 12.1. The molecule has 0 bridgehead atoms. The normalized spacial score (nSPS) is 13.9. The quantitative estimate of drug-likeness (QED) is 0.112. The van der Waals surface area contributed by atoms with Crippen LogP contribution in [-0.2, 0) is 31.9 Å². The van der Waals surface area contributed by atoms with Gasteiger partial charge in [-0.05, 0) is 90.7 Å². The maximum atomic E-state index is 9.33. The summed E-state index contributed by atoms with van der Waals surface area (Å²) in [5.41, 5.74) is 6.31. The number of para-hydroxylation sites is 1. The van der Waals surface area contributed by atoms with Crippen LogP contribution in [0.4, 0.5) is 0 Å². The van der Waals surface area contributed by atoms with Gasteiger partial charge in [0.25, 0.3) is 6.33 Å². The Morgan fingerprint density at radius 1 is 0.559 bits per heavy atom. The van der Waals surface area contributed by atoms with Crippen LogP contribution in [0.1, 0.15) is 66.4 Å². The number of nitrogens with zero attached hydrogens (tertiary/aromatic N) is 4. The molecule has 11 aromatic rings. The van der Waals surface area contributed by atoms with Gasteiger partial charge in [-0.2, -0.15) is 18.2 Å². The zero-order valence-electron chi connectivity index (χ0n) is 48.2. The van der Waals surface area contributed by atoms with E-state index < -0.39 is 65.8 Å². The summed E-state index contributed by atoms with van der Waals surface area (Å²) >= 11 is 0. The maximum Gasteiger partial charge on any atom is 0.268 e. The molecule has 0 aliphatic rings. The molecule has 0 spiro atoms. The SMILES string of the molecule is [2H]c1c([2H])c([2H])c(-c2cc(C(C)(C)C)cc(-c3c([2H])c([2H])c([2H])c([2H])c3[2H])c2-[n+]2[c-]n(-c3[c-]c(Oc4[c-]c5c(cc4)c4ccccc4n5-c4cc(C(C)(C)C)ccn4)ccc3)c3cc(-c4ccccc4)ccc32)c([2H])c1[2H].[Pt]. The minimum absolute atomic E-state index is 0. The first-order valence-electron chi connectivity index (χ1n) is 27.1. The molecule has 5 nitrogen and oxygen atoms in total. The number of imidazole rings is 1. The molecule has 336 valence electrons. The Labute approximate surface area is 427 Å². The van der Waals surface area contributed by atoms with Crippen molar-refractivity contribution in [2.24, 2.45) is 0 Å². The number of fused-ring (bicyclic) bond motifs is 4. The largest absolute Gasteiger partial charge is 0.510 e. The molecule has 0 amide bonds. The van der Waals surface area contributed by atoms with E-state index in [1.54, 1.807) is 27.3 Å². The Morgan fingerprint density at radius 3 is 1.91 bits per heavy atom. The minimum Gasteiger partial charge on any atom is -0.510 e. The van der Waals surface area contributed by atoms with Crippen LogP contribution in [-0.4, -0.2) is 14.1 Å². The number of hydrogen-bond acceptors (Lipinski definition) is 2. The monoisotopic (exact) mass is 1070 g/mol. The summed E-state index contributed by atoms with van der Waals surface area (Å²) in [6.45, 7) is 12.3. The summed E-state index contributed by atoms with van der Waals surface area (Å²) in [7, 11) is 0. The van der Waals surface area contributed by atoms with Crippen LogP contribution in [0.2, 0.25) is 0 Å². The third-order valence-corrected chi connectivity index (χ3v) is 12.1. The van der Waals surface area contributed by atoms with E-state index in [1.807, 2.05) is 118 Å². The molecule has 11 rings (SSSR count). The molecule has 68 heavy (non-hydrogen) atoms. The van der Waals surface area contributed by atoms with Gasteiger partial charge in [-0.15, -0.1) is 29.7 Å². The number of hydrogen-bond donors (Lipinski definition) is 0. The fourth-order valence-electron chi connectivity index (χ4n) is 8.65. The van der Waals surface area contributed by atoms with Gasteiger partial charge in [0.05, 0.1) is 30.4 Å². The van der Waals surface area contributed by atoms with Gasteiger partial charge in [0, 0.05) is 44.3 Å². The molecule has 0 aliphatic carbocycles. The smallest absolute Gasteiger partial charge is 0.268 e. The van der Waals surface area contributed by atoms with Crippen molar-refractivity contribution in [2.45, 2.75) is 52.4 Å². The minimum atomic E-state index is -0.655. The molecular formula is C62H50N4OPt-2. The molecular weight excluding hydrogens is 1010 g/mol. The van der Waals surface area contributed by atoms with E-state index in [-0.39, 0.29) is 54.4 Å². The van der Waals surface area contributed by atoms with E-state index in [4.69, 9.17) is 17.9 Å². The molecule has 3 heterocycles. The van der Waals surface area contributed by atoms with Gasteiger partial charge in [0.2, 0.25) is 0 Å². The van der Waals surface area contributed by atoms with Crippen molar-refractivity contribution in [3.05, 3.63) is 224 Å². The first-order valence-corrected chi connectivity index (χ1v) is 22.1. The molecule has 0 radical (unpaired) electrons. The molecule has 0 N–H and O–H groups in total. The van der Waals surface area contributed by atoms with Gasteiger partial charge >= 0.3 is 0 Å². The first-order chi connectivity index (χ1) is 36.6.